The second kappa shape index (κ2) is 4.99. The second-order valence-electron chi connectivity index (χ2n) is 5.69. The fraction of sp³-hybridized carbons (Fsp3) is 0.600. The Morgan fingerprint density at radius 2 is 2.00 bits per heavy atom. The Balaban J connectivity index is 2.10. The van der Waals surface area contributed by atoms with Crippen molar-refractivity contribution in [3.05, 3.63) is 23.8 Å². The molecule has 0 heterocycles. The minimum atomic E-state index is 0.578. The standard InChI is InChI=1S/C15H24N2/c1-10-7-8-14(12(3)9-10)17-15-11(2)5-4-6-13(15)16/h4-6,10,12,14,17H,7-9,16H2,1-3H3. The van der Waals surface area contributed by atoms with Gasteiger partial charge >= 0.3 is 0 Å². The highest BCUT2D eigenvalue weighted by Crippen LogP contribution is 2.33. The van der Waals surface area contributed by atoms with Crippen LogP contribution in [-0.2, 0) is 0 Å². The number of aryl methyl sites for hydroxylation is 1. The van der Waals surface area contributed by atoms with Gasteiger partial charge in [0.1, 0.15) is 0 Å². The quantitative estimate of drug-likeness (QED) is 0.761. The molecule has 0 radical (unpaired) electrons. The van der Waals surface area contributed by atoms with E-state index in [1.165, 1.54) is 24.8 Å². The highest BCUT2D eigenvalue weighted by Gasteiger charge is 2.25. The molecule has 17 heavy (non-hydrogen) atoms. The molecule has 1 aliphatic rings. The topological polar surface area (TPSA) is 38.0 Å². The molecule has 1 aliphatic carbocycles. The monoisotopic (exact) mass is 232 g/mol. The lowest BCUT2D eigenvalue weighted by molar-refractivity contribution is 0.276. The van der Waals surface area contributed by atoms with Gasteiger partial charge in [-0.05, 0) is 49.7 Å². The first-order chi connectivity index (χ1) is 8.08. The lowest BCUT2D eigenvalue weighted by atomic mass is 9.79. The summed E-state index contributed by atoms with van der Waals surface area (Å²) in [5, 5.41) is 3.66. The third-order valence-corrected chi connectivity index (χ3v) is 4.07. The Morgan fingerprint density at radius 1 is 1.24 bits per heavy atom. The number of rotatable bonds is 2. The van der Waals surface area contributed by atoms with Gasteiger partial charge in [0.05, 0.1) is 11.4 Å². The minimum Gasteiger partial charge on any atom is -0.397 e. The van der Waals surface area contributed by atoms with Crippen molar-refractivity contribution < 1.29 is 0 Å². The smallest absolute Gasteiger partial charge is 0.0605 e. The van der Waals surface area contributed by atoms with E-state index in [1.807, 2.05) is 12.1 Å². The number of hydrogen-bond donors (Lipinski definition) is 2. The number of hydrogen-bond acceptors (Lipinski definition) is 2. The number of nitrogen functional groups attached to an aromatic ring is 1. The molecule has 1 aromatic rings. The summed E-state index contributed by atoms with van der Waals surface area (Å²) < 4.78 is 0. The largest absolute Gasteiger partial charge is 0.397 e. The lowest BCUT2D eigenvalue weighted by Crippen LogP contribution is -2.33. The van der Waals surface area contributed by atoms with Crippen LogP contribution in [0.5, 0.6) is 0 Å². The summed E-state index contributed by atoms with van der Waals surface area (Å²) in [6.07, 6.45) is 3.91. The molecule has 0 spiro atoms. The third-order valence-electron chi connectivity index (χ3n) is 4.07. The van der Waals surface area contributed by atoms with Crippen molar-refractivity contribution in [3.8, 4) is 0 Å². The van der Waals surface area contributed by atoms with Gasteiger partial charge in [0.15, 0.2) is 0 Å². The van der Waals surface area contributed by atoms with Crippen LogP contribution in [0.3, 0.4) is 0 Å². The summed E-state index contributed by atoms with van der Waals surface area (Å²) in [4.78, 5) is 0. The molecule has 0 amide bonds. The van der Waals surface area contributed by atoms with E-state index < -0.39 is 0 Å². The first-order valence-electron chi connectivity index (χ1n) is 6.69. The Labute approximate surface area is 105 Å². The molecule has 1 saturated carbocycles. The molecule has 2 heteroatoms. The Bertz CT molecular complexity index is 366. The zero-order valence-electron chi connectivity index (χ0n) is 11.2. The van der Waals surface area contributed by atoms with Crippen LogP contribution >= 0.6 is 0 Å². The summed E-state index contributed by atoms with van der Waals surface area (Å²) in [5.74, 6) is 1.61. The van der Waals surface area contributed by atoms with Crippen molar-refractivity contribution in [1.82, 2.24) is 0 Å². The van der Waals surface area contributed by atoms with Crippen LogP contribution in [0, 0.1) is 18.8 Å². The number of para-hydroxylation sites is 1. The number of anilines is 2. The predicted octanol–water partition coefficient (Wildman–Crippen LogP) is 3.81. The maximum Gasteiger partial charge on any atom is 0.0605 e. The van der Waals surface area contributed by atoms with E-state index in [4.69, 9.17) is 5.73 Å². The fourth-order valence-electron chi connectivity index (χ4n) is 2.95. The van der Waals surface area contributed by atoms with E-state index in [-0.39, 0.29) is 0 Å². The summed E-state index contributed by atoms with van der Waals surface area (Å²) in [6.45, 7) is 6.82. The Hall–Kier alpha value is -1.18. The fourth-order valence-corrected chi connectivity index (χ4v) is 2.95. The van der Waals surface area contributed by atoms with Gasteiger partial charge in [-0.25, -0.2) is 0 Å². The van der Waals surface area contributed by atoms with E-state index in [0.29, 0.717) is 6.04 Å². The molecule has 0 bridgehead atoms. The Kier molecular flexibility index (Phi) is 3.60. The van der Waals surface area contributed by atoms with Gasteiger partial charge in [0, 0.05) is 6.04 Å². The van der Waals surface area contributed by atoms with Crippen molar-refractivity contribution in [3.63, 3.8) is 0 Å². The third kappa shape index (κ3) is 2.74. The van der Waals surface area contributed by atoms with Gasteiger partial charge in [-0.15, -0.1) is 0 Å². The van der Waals surface area contributed by atoms with Crippen LogP contribution < -0.4 is 11.1 Å². The first-order valence-corrected chi connectivity index (χ1v) is 6.69. The molecule has 2 rings (SSSR count). The van der Waals surface area contributed by atoms with E-state index >= 15 is 0 Å². The molecule has 0 aromatic heterocycles. The predicted molar refractivity (Wildman–Crippen MR) is 75.2 cm³/mol. The molecule has 2 nitrogen and oxygen atoms in total. The lowest BCUT2D eigenvalue weighted by Gasteiger charge is -2.34. The minimum absolute atomic E-state index is 0.578. The van der Waals surface area contributed by atoms with Crippen LogP contribution in [-0.4, -0.2) is 6.04 Å². The highest BCUT2D eigenvalue weighted by molar-refractivity contribution is 5.70. The molecule has 1 aromatic carbocycles. The second-order valence-corrected chi connectivity index (χ2v) is 5.69. The molecular formula is C15H24N2. The number of nitrogens with two attached hydrogens (primary N) is 1. The molecule has 1 fully saturated rings. The molecule has 3 atom stereocenters. The summed E-state index contributed by atoms with van der Waals surface area (Å²) in [5.41, 5.74) is 9.30. The van der Waals surface area contributed by atoms with Crippen molar-refractivity contribution in [1.29, 1.82) is 0 Å². The maximum atomic E-state index is 6.05. The van der Waals surface area contributed by atoms with Gasteiger partial charge < -0.3 is 11.1 Å². The van der Waals surface area contributed by atoms with E-state index in [0.717, 1.165) is 23.2 Å². The molecule has 3 N–H and O–H groups in total. The normalized spacial score (nSPS) is 29.0. The van der Waals surface area contributed by atoms with Crippen LogP contribution in [0.4, 0.5) is 11.4 Å². The average Bonchev–Trinajstić information content (AvgIpc) is 2.26. The van der Waals surface area contributed by atoms with Gasteiger partial charge in [0.25, 0.3) is 0 Å². The molecular weight excluding hydrogens is 208 g/mol. The van der Waals surface area contributed by atoms with Gasteiger partial charge in [-0.3, -0.25) is 0 Å². The van der Waals surface area contributed by atoms with Gasteiger partial charge in [-0.2, -0.15) is 0 Å². The van der Waals surface area contributed by atoms with Crippen LogP contribution in [0.25, 0.3) is 0 Å². The summed E-state index contributed by atoms with van der Waals surface area (Å²) in [7, 11) is 0. The highest BCUT2D eigenvalue weighted by atomic mass is 14.9. The number of nitrogens with one attached hydrogen (secondary N) is 1. The molecule has 0 aliphatic heterocycles. The summed E-state index contributed by atoms with van der Waals surface area (Å²) >= 11 is 0. The van der Waals surface area contributed by atoms with Crippen molar-refractivity contribution >= 4 is 11.4 Å². The van der Waals surface area contributed by atoms with Crippen molar-refractivity contribution in [2.24, 2.45) is 11.8 Å². The van der Waals surface area contributed by atoms with Gasteiger partial charge in [-0.1, -0.05) is 26.0 Å². The van der Waals surface area contributed by atoms with E-state index in [9.17, 15) is 0 Å². The zero-order chi connectivity index (χ0) is 12.4. The maximum absolute atomic E-state index is 6.05. The first kappa shape index (κ1) is 12.3. The number of benzene rings is 1. The molecule has 94 valence electrons. The van der Waals surface area contributed by atoms with Crippen molar-refractivity contribution in [2.45, 2.75) is 46.1 Å². The van der Waals surface area contributed by atoms with Crippen molar-refractivity contribution in [2.75, 3.05) is 11.1 Å². The van der Waals surface area contributed by atoms with E-state index in [2.05, 4.69) is 32.2 Å². The molecule has 0 saturated heterocycles. The summed E-state index contributed by atoms with van der Waals surface area (Å²) in [6, 6.07) is 6.69. The van der Waals surface area contributed by atoms with Gasteiger partial charge in [0.2, 0.25) is 0 Å². The Morgan fingerprint density at radius 3 is 2.65 bits per heavy atom. The van der Waals surface area contributed by atoms with Crippen LogP contribution in [0.2, 0.25) is 0 Å². The van der Waals surface area contributed by atoms with Crippen LogP contribution in [0.15, 0.2) is 18.2 Å². The van der Waals surface area contributed by atoms with Crippen LogP contribution in [0.1, 0.15) is 38.7 Å². The van der Waals surface area contributed by atoms with E-state index in [1.54, 1.807) is 0 Å². The molecule has 3 unspecified atom stereocenters. The SMILES string of the molecule is Cc1cccc(N)c1NC1CCC(C)CC1C. The zero-order valence-corrected chi connectivity index (χ0v) is 11.2. The average molecular weight is 232 g/mol.